The summed E-state index contributed by atoms with van der Waals surface area (Å²) in [5.41, 5.74) is 3.47. The van der Waals surface area contributed by atoms with Crippen LogP contribution in [0.25, 0.3) is 0 Å². The Labute approximate surface area is 106 Å². The predicted molar refractivity (Wildman–Crippen MR) is 67.6 cm³/mol. The van der Waals surface area contributed by atoms with Crippen LogP contribution >= 0.6 is 27.3 Å². The molecule has 0 radical (unpaired) electrons. The average molecular weight is 296 g/mol. The van der Waals surface area contributed by atoms with Gasteiger partial charge in [-0.2, -0.15) is 0 Å². The molecular weight excluding hydrogens is 286 g/mol. The molecule has 0 spiro atoms. The van der Waals surface area contributed by atoms with E-state index in [1.165, 1.54) is 22.5 Å². The van der Waals surface area contributed by atoms with Crippen molar-refractivity contribution in [2.75, 3.05) is 0 Å². The van der Waals surface area contributed by atoms with Gasteiger partial charge in [0.05, 0.1) is 10.4 Å². The zero-order valence-corrected chi connectivity index (χ0v) is 10.9. The number of fused-ring (bicyclic) bond motifs is 1. The van der Waals surface area contributed by atoms with E-state index >= 15 is 0 Å². The second-order valence-electron chi connectivity index (χ2n) is 4.13. The van der Waals surface area contributed by atoms with E-state index in [1.807, 2.05) is 12.1 Å². The lowest BCUT2D eigenvalue weighted by Gasteiger charge is -2.20. The molecule has 3 rings (SSSR count). The molecule has 1 N–H and O–H groups in total. The van der Waals surface area contributed by atoms with Gasteiger partial charge in [0.15, 0.2) is 0 Å². The minimum atomic E-state index is -0.774. The van der Waals surface area contributed by atoms with Crippen molar-refractivity contribution in [2.24, 2.45) is 0 Å². The Morgan fingerprint density at radius 3 is 2.38 bits per heavy atom. The minimum Gasteiger partial charge on any atom is -0.384 e. The molecule has 2 aromatic rings. The van der Waals surface area contributed by atoms with Gasteiger partial charge in [0.2, 0.25) is 0 Å². The van der Waals surface area contributed by atoms with E-state index in [2.05, 4.69) is 33.0 Å². The first-order valence-electron chi connectivity index (χ1n) is 5.08. The van der Waals surface area contributed by atoms with Crippen molar-refractivity contribution >= 4 is 27.3 Å². The molecule has 0 aliphatic heterocycles. The highest BCUT2D eigenvalue weighted by Gasteiger charge is 2.39. The standard InChI is InChI=1S/C12H10BrNOS/c13-11-10(16-7-14-11)12(15)5-8-3-1-2-4-9(8)6-12/h1-4,7,15H,5-6H2. The Bertz CT molecular complexity index is 512. The summed E-state index contributed by atoms with van der Waals surface area (Å²) in [6.45, 7) is 0. The number of benzene rings is 1. The van der Waals surface area contributed by atoms with Crippen molar-refractivity contribution in [3.63, 3.8) is 0 Å². The van der Waals surface area contributed by atoms with Gasteiger partial charge in [-0.3, -0.25) is 0 Å². The average Bonchev–Trinajstić information content (AvgIpc) is 2.81. The summed E-state index contributed by atoms with van der Waals surface area (Å²) in [6, 6.07) is 8.21. The molecule has 4 heteroatoms. The minimum absolute atomic E-state index is 0.684. The van der Waals surface area contributed by atoms with Crippen molar-refractivity contribution in [3.8, 4) is 0 Å². The number of aliphatic hydroxyl groups is 1. The lowest BCUT2D eigenvalue weighted by Crippen LogP contribution is -2.25. The molecular formula is C12H10BrNOS. The van der Waals surface area contributed by atoms with Gasteiger partial charge in [-0.1, -0.05) is 24.3 Å². The summed E-state index contributed by atoms with van der Waals surface area (Å²) in [4.78, 5) is 5.08. The topological polar surface area (TPSA) is 33.1 Å². The van der Waals surface area contributed by atoms with Crippen molar-refractivity contribution in [2.45, 2.75) is 18.4 Å². The molecule has 0 bridgehead atoms. The second kappa shape index (κ2) is 3.65. The fourth-order valence-corrected chi connectivity index (χ4v) is 3.95. The number of halogens is 1. The Kier molecular flexibility index (Phi) is 2.38. The van der Waals surface area contributed by atoms with Crippen LogP contribution in [0.3, 0.4) is 0 Å². The fraction of sp³-hybridized carbons (Fsp3) is 0.250. The van der Waals surface area contributed by atoms with Crippen LogP contribution in [-0.4, -0.2) is 10.1 Å². The Morgan fingerprint density at radius 2 is 1.88 bits per heavy atom. The molecule has 1 aromatic carbocycles. The van der Waals surface area contributed by atoms with Gasteiger partial charge in [0, 0.05) is 12.8 Å². The molecule has 1 aliphatic carbocycles. The predicted octanol–water partition coefficient (Wildman–Crippen LogP) is 2.89. The van der Waals surface area contributed by atoms with Gasteiger partial charge in [0.1, 0.15) is 10.2 Å². The third kappa shape index (κ3) is 1.52. The quantitative estimate of drug-likeness (QED) is 0.878. The summed E-state index contributed by atoms with van der Waals surface area (Å²) in [5, 5.41) is 10.7. The second-order valence-corrected chi connectivity index (χ2v) is 5.73. The molecule has 16 heavy (non-hydrogen) atoms. The summed E-state index contributed by atoms with van der Waals surface area (Å²) >= 11 is 4.90. The third-order valence-electron chi connectivity index (χ3n) is 3.03. The van der Waals surface area contributed by atoms with Crippen molar-refractivity contribution in [1.82, 2.24) is 4.98 Å². The number of hydrogen-bond donors (Lipinski definition) is 1. The van der Waals surface area contributed by atoms with E-state index in [4.69, 9.17) is 0 Å². The van der Waals surface area contributed by atoms with Gasteiger partial charge >= 0.3 is 0 Å². The first-order valence-corrected chi connectivity index (χ1v) is 6.75. The number of thiazole rings is 1. The molecule has 0 atom stereocenters. The van der Waals surface area contributed by atoms with Gasteiger partial charge in [-0.15, -0.1) is 11.3 Å². The maximum absolute atomic E-state index is 10.7. The number of nitrogens with zero attached hydrogens (tertiary/aromatic N) is 1. The first-order chi connectivity index (χ1) is 7.69. The lowest BCUT2D eigenvalue weighted by molar-refractivity contribution is 0.0511. The van der Waals surface area contributed by atoms with E-state index in [0.717, 1.165) is 9.48 Å². The zero-order valence-electron chi connectivity index (χ0n) is 8.48. The smallest absolute Gasteiger partial charge is 0.123 e. The first kappa shape index (κ1) is 10.4. The summed E-state index contributed by atoms with van der Waals surface area (Å²) in [5.74, 6) is 0. The highest BCUT2D eigenvalue weighted by Crippen LogP contribution is 2.41. The van der Waals surface area contributed by atoms with Crippen LogP contribution in [0.5, 0.6) is 0 Å². The van der Waals surface area contributed by atoms with E-state index in [0.29, 0.717) is 12.8 Å². The molecule has 0 unspecified atom stereocenters. The number of hydrogen-bond acceptors (Lipinski definition) is 3. The molecule has 82 valence electrons. The molecule has 0 saturated carbocycles. The number of rotatable bonds is 1. The third-order valence-corrected chi connectivity index (χ3v) is 4.91. The largest absolute Gasteiger partial charge is 0.384 e. The maximum atomic E-state index is 10.7. The van der Waals surface area contributed by atoms with Crippen LogP contribution in [0.4, 0.5) is 0 Å². The van der Waals surface area contributed by atoms with Crippen LogP contribution < -0.4 is 0 Å². The highest BCUT2D eigenvalue weighted by atomic mass is 79.9. The van der Waals surface area contributed by atoms with Crippen LogP contribution in [0.15, 0.2) is 34.4 Å². The summed E-state index contributed by atoms with van der Waals surface area (Å²) in [7, 11) is 0. The number of aromatic nitrogens is 1. The monoisotopic (exact) mass is 295 g/mol. The van der Waals surface area contributed by atoms with Crippen LogP contribution in [-0.2, 0) is 18.4 Å². The van der Waals surface area contributed by atoms with Crippen molar-refractivity contribution in [1.29, 1.82) is 0 Å². The van der Waals surface area contributed by atoms with Gasteiger partial charge in [0.25, 0.3) is 0 Å². The van der Waals surface area contributed by atoms with Crippen LogP contribution in [0, 0.1) is 0 Å². The van der Waals surface area contributed by atoms with Gasteiger partial charge < -0.3 is 5.11 Å². The van der Waals surface area contributed by atoms with Crippen molar-refractivity contribution in [3.05, 3.63) is 50.4 Å². The lowest BCUT2D eigenvalue weighted by atomic mass is 9.99. The fourth-order valence-electron chi connectivity index (χ4n) is 2.29. The summed E-state index contributed by atoms with van der Waals surface area (Å²) < 4.78 is 0.771. The van der Waals surface area contributed by atoms with Crippen LogP contribution in [0.1, 0.15) is 16.0 Å². The molecule has 0 amide bonds. The summed E-state index contributed by atoms with van der Waals surface area (Å²) in [6.07, 6.45) is 1.37. The van der Waals surface area contributed by atoms with Crippen LogP contribution in [0.2, 0.25) is 0 Å². The Morgan fingerprint density at radius 1 is 1.25 bits per heavy atom. The van der Waals surface area contributed by atoms with Gasteiger partial charge in [-0.25, -0.2) is 4.98 Å². The van der Waals surface area contributed by atoms with E-state index in [-0.39, 0.29) is 0 Å². The molecule has 2 nitrogen and oxygen atoms in total. The SMILES string of the molecule is OC1(c2scnc2Br)Cc2ccccc2C1. The highest BCUT2D eigenvalue weighted by molar-refractivity contribution is 9.10. The van der Waals surface area contributed by atoms with E-state index in [9.17, 15) is 5.11 Å². The molecule has 1 heterocycles. The molecule has 1 aromatic heterocycles. The van der Waals surface area contributed by atoms with Gasteiger partial charge in [-0.05, 0) is 27.1 Å². The maximum Gasteiger partial charge on any atom is 0.123 e. The molecule has 1 aliphatic rings. The molecule has 0 fully saturated rings. The van der Waals surface area contributed by atoms with E-state index in [1.54, 1.807) is 5.51 Å². The van der Waals surface area contributed by atoms with Crippen molar-refractivity contribution < 1.29 is 5.11 Å². The molecule has 0 saturated heterocycles. The normalized spacial score (nSPS) is 17.4. The zero-order chi connectivity index (χ0) is 11.2. The Balaban J connectivity index is 2.04. The van der Waals surface area contributed by atoms with E-state index < -0.39 is 5.60 Å². The Hall–Kier alpha value is -0.710.